The first-order valence-corrected chi connectivity index (χ1v) is 13.1. The molecule has 0 amide bonds. The van der Waals surface area contributed by atoms with E-state index in [1.54, 1.807) is 36.4 Å². The SMILES string of the molecule is CC(C)CN(CC(O)Cn1ccnc1S(=O)(=O)c1ccccc1)S(=O)(=O)c1ccccc1. The molecular formula is C22H27N3O5S2. The maximum Gasteiger partial charge on any atom is 0.243 e. The van der Waals surface area contributed by atoms with Crippen molar-refractivity contribution in [2.75, 3.05) is 13.1 Å². The molecule has 0 radical (unpaired) electrons. The maximum absolute atomic E-state index is 13.1. The summed E-state index contributed by atoms with van der Waals surface area (Å²) < 4.78 is 54.7. The Morgan fingerprint density at radius 2 is 1.47 bits per heavy atom. The van der Waals surface area contributed by atoms with Gasteiger partial charge in [0.1, 0.15) is 0 Å². The Morgan fingerprint density at radius 1 is 0.906 bits per heavy atom. The fourth-order valence-electron chi connectivity index (χ4n) is 3.32. The summed E-state index contributed by atoms with van der Waals surface area (Å²) in [7, 11) is -7.70. The van der Waals surface area contributed by atoms with Crippen molar-refractivity contribution in [1.29, 1.82) is 0 Å². The van der Waals surface area contributed by atoms with Crippen molar-refractivity contribution < 1.29 is 21.9 Å². The summed E-state index contributed by atoms with van der Waals surface area (Å²) in [4.78, 5) is 4.21. The van der Waals surface area contributed by atoms with Crippen LogP contribution in [0.25, 0.3) is 0 Å². The van der Waals surface area contributed by atoms with Crippen molar-refractivity contribution >= 4 is 19.9 Å². The molecule has 3 aromatic rings. The number of sulfonamides is 1. The zero-order chi connectivity index (χ0) is 23.4. The van der Waals surface area contributed by atoms with Gasteiger partial charge in [-0.2, -0.15) is 4.31 Å². The molecule has 1 atom stereocenters. The minimum Gasteiger partial charge on any atom is -0.390 e. The monoisotopic (exact) mass is 477 g/mol. The smallest absolute Gasteiger partial charge is 0.243 e. The van der Waals surface area contributed by atoms with Crippen molar-refractivity contribution in [2.45, 2.75) is 41.4 Å². The van der Waals surface area contributed by atoms with Crippen molar-refractivity contribution in [3.8, 4) is 0 Å². The van der Waals surface area contributed by atoms with Crippen LogP contribution in [0.4, 0.5) is 0 Å². The average molecular weight is 478 g/mol. The fourth-order valence-corrected chi connectivity index (χ4v) is 6.35. The number of aromatic nitrogens is 2. The number of sulfone groups is 1. The number of nitrogens with zero attached hydrogens (tertiary/aromatic N) is 3. The van der Waals surface area contributed by atoms with Gasteiger partial charge >= 0.3 is 0 Å². The van der Waals surface area contributed by atoms with E-state index < -0.39 is 26.0 Å². The van der Waals surface area contributed by atoms with Gasteiger partial charge in [0.15, 0.2) is 0 Å². The molecule has 10 heteroatoms. The van der Waals surface area contributed by atoms with E-state index in [2.05, 4.69) is 4.98 Å². The van der Waals surface area contributed by atoms with Crippen molar-refractivity contribution in [3.63, 3.8) is 0 Å². The molecule has 1 N–H and O–H groups in total. The molecule has 0 aliphatic heterocycles. The highest BCUT2D eigenvalue weighted by atomic mass is 32.2. The third-order valence-electron chi connectivity index (χ3n) is 4.74. The zero-order valence-electron chi connectivity index (χ0n) is 17.9. The molecule has 0 aliphatic carbocycles. The van der Waals surface area contributed by atoms with Crippen molar-refractivity contribution in [1.82, 2.24) is 13.9 Å². The van der Waals surface area contributed by atoms with Crippen LogP contribution in [0, 0.1) is 5.92 Å². The Bertz CT molecular complexity index is 1220. The first-order valence-electron chi connectivity index (χ1n) is 10.2. The second kappa shape index (κ2) is 9.95. The maximum atomic E-state index is 13.1. The Balaban J connectivity index is 1.83. The molecule has 1 heterocycles. The Kier molecular flexibility index (Phi) is 7.50. The summed E-state index contributed by atoms with van der Waals surface area (Å²) in [5.74, 6) is 0.0305. The first kappa shape index (κ1) is 24.1. The highest BCUT2D eigenvalue weighted by Crippen LogP contribution is 2.21. The molecule has 3 rings (SSSR count). The van der Waals surface area contributed by atoms with E-state index in [1.165, 1.54) is 45.5 Å². The quantitative estimate of drug-likeness (QED) is 0.480. The zero-order valence-corrected chi connectivity index (χ0v) is 19.6. The van der Waals surface area contributed by atoms with Crippen molar-refractivity contribution in [2.24, 2.45) is 5.92 Å². The van der Waals surface area contributed by atoms with Crippen LogP contribution in [0.1, 0.15) is 13.8 Å². The molecule has 0 bridgehead atoms. The molecule has 172 valence electrons. The number of benzene rings is 2. The molecule has 32 heavy (non-hydrogen) atoms. The van der Waals surface area contributed by atoms with E-state index in [0.29, 0.717) is 0 Å². The lowest BCUT2D eigenvalue weighted by atomic mass is 10.2. The second-order valence-corrected chi connectivity index (χ2v) is 11.6. The summed E-state index contributed by atoms with van der Waals surface area (Å²) >= 11 is 0. The number of aliphatic hydroxyl groups excluding tert-OH is 1. The van der Waals surface area contributed by atoms with Gasteiger partial charge in [0, 0.05) is 25.5 Å². The summed E-state index contributed by atoms with van der Waals surface area (Å²) in [6.45, 7) is 3.69. The molecular weight excluding hydrogens is 450 g/mol. The van der Waals surface area contributed by atoms with Crippen LogP contribution in [0.3, 0.4) is 0 Å². The highest BCUT2D eigenvalue weighted by Gasteiger charge is 2.29. The molecule has 0 saturated carbocycles. The van der Waals surface area contributed by atoms with Gasteiger partial charge in [0.2, 0.25) is 25.0 Å². The molecule has 8 nitrogen and oxygen atoms in total. The summed E-state index contributed by atoms with van der Waals surface area (Å²) in [6, 6.07) is 15.9. The minimum atomic E-state index is -3.88. The standard InChI is InChI=1S/C22H27N3O5S2/c1-18(2)15-25(32(29,30)21-11-7-4-8-12-21)17-19(26)16-24-14-13-23-22(24)31(27,28)20-9-5-3-6-10-20/h3-14,18-19,26H,15-17H2,1-2H3. The van der Waals surface area contributed by atoms with Gasteiger partial charge in [-0.15, -0.1) is 0 Å². The van der Waals surface area contributed by atoms with E-state index >= 15 is 0 Å². The molecule has 1 unspecified atom stereocenters. The van der Waals surface area contributed by atoms with Crippen molar-refractivity contribution in [3.05, 3.63) is 73.1 Å². The number of imidazole rings is 1. The number of aliphatic hydroxyl groups is 1. The van der Waals surface area contributed by atoms with E-state index in [1.807, 2.05) is 13.8 Å². The largest absolute Gasteiger partial charge is 0.390 e. The van der Waals surface area contributed by atoms with Crippen LogP contribution in [-0.2, 0) is 26.4 Å². The van der Waals surface area contributed by atoms with E-state index in [-0.39, 0.29) is 40.5 Å². The van der Waals surface area contributed by atoms with Gasteiger partial charge in [-0.25, -0.2) is 21.8 Å². The predicted octanol–water partition coefficient (Wildman–Crippen LogP) is 2.42. The van der Waals surface area contributed by atoms with Gasteiger partial charge < -0.3 is 9.67 Å². The third-order valence-corrected chi connectivity index (χ3v) is 8.30. The first-order chi connectivity index (χ1) is 15.1. The average Bonchev–Trinajstić information content (AvgIpc) is 3.23. The predicted molar refractivity (Wildman–Crippen MR) is 120 cm³/mol. The lowest BCUT2D eigenvalue weighted by Crippen LogP contribution is -2.41. The fraction of sp³-hybridized carbons (Fsp3) is 0.318. The van der Waals surface area contributed by atoms with Gasteiger partial charge in [0.25, 0.3) is 0 Å². The van der Waals surface area contributed by atoms with Crippen LogP contribution in [0.5, 0.6) is 0 Å². The van der Waals surface area contributed by atoms with E-state index in [9.17, 15) is 21.9 Å². The topological polar surface area (TPSA) is 110 Å². The van der Waals surface area contributed by atoms with Gasteiger partial charge in [-0.1, -0.05) is 50.2 Å². The summed E-state index contributed by atoms with van der Waals surface area (Å²) in [5, 5.41) is 10.5. The molecule has 1 aromatic heterocycles. The van der Waals surface area contributed by atoms with E-state index in [4.69, 9.17) is 0 Å². The summed E-state index contributed by atoms with van der Waals surface area (Å²) in [6.07, 6.45) is 1.65. The van der Waals surface area contributed by atoms with Crippen LogP contribution >= 0.6 is 0 Å². The van der Waals surface area contributed by atoms with Crippen LogP contribution in [-0.4, -0.2) is 55.0 Å². The Morgan fingerprint density at radius 3 is 2.03 bits per heavy atom. The third kappa shape index (κ3) is 5.44. The molecule has 0 spiro atoms. The Labute approximate surface area is 189 Å². The van der Waals surface area contributed by atoms with Crippen LogP contribution in [0.2, 0.25) is 0 Å². The van der Waals surface area contributed by atoms with Gasteiger partial charge in [-0.3, -0.25) is 0 Å². The highest BCUT2D eigenvalue weighted by molar-refractivity contribution is 7.91. The second-order valence-electron chi connectivity index (χ2n) is 7.86. The lowest BCUT2D eigenvalue weighted by Gasteiger charge is -2.26. The lowest BCUT2D eigenvalue weighted by molar-refractivity contribution is 0.122. The molecule has 0 aliphatic rings. The molecule has 0 saturated heterocycles. The Hall–Kier alpha value is -2.53. The summed E-state index contributed by atoms with van der Waals surface area (Å²) in [5.41, 5.74) is 0. The number of hydrogen-bond donors (Lipinski definition) is 1. The van der Waals surface area contributed by atoms with Gasteiger partial charge in [-0.05, 0) is 30.2 Å². The minimum absolute atomic E-state index is 0.0305. The number of hydrogen-bond acceptors (Lipinski definition) is 6. The normalized spacial score (nSPS) is 13.5. The van der Waals surface area contributed by atoms with E-state index in [0.717, 1.165) is 0 Å². The van der Waals surface area contributed by atoms with Crippen LogP contribution in [0.15, 0.2) is 88.0 Å². The number of rotatable bonds is 10. The van der Waals surface area contributed by atoms with Gasteiger partial charge in [0.05, 0.1) is 22.4 Å². The van der Waals surface area contributed by atoms with Crippen LogP contribution < -0.4 is 0 Å². The molecule has 0 fully saturated rings. The molecule has 2 aromatic carbocycles.